The minimum Gasteiger partial charge on any atom is -0.378 e. The average molecular weight is 234 g/mol. The number of anilines is 1. The molecule has 1 heterocycles. The molecular formula is C9H10N6O2. The van der Waals surface area contributed by atoms with Crippen LogP contribution in [0.4, 0.5) is 11.4 Å². The van der Waals surface area contributed by atoms with Gasteiger partial charge in [0.25, 0.3) is 5.69 Å². The van der Waals surface area contributed by atoms with Crippen molar-refractivity contribution in [1.29, 1.82) is 0 Å². The van der Waals surface area contributed by atoms with Gasteiger partial charge >= 0.3 is 0 Å². The predicted octanol–water partition coefficient (Wildman–Crippen LogP) is 1.03. The molecule has 0 bridgehead atoms. The molecule has 0 atom stereocenters. The Labute approximate surface area is 96.2 Å². The lowest BCUT2D eigenvalue weighted by Crippen LogP contribution is -2.02. The molecule has 17 heavy (non-hydrogen) atoms. The normalized spacial score (nSPS) is 10.2. The van der Waals surface area contributed by atoms with E-state index in [4.69, 9.17) is 0 Å². The second kappa shape index (κ2) is 4.56. The maximum atomic E-state index is 10.6. The quantitative estimate of drug-likeness (QED) is 0.603. The summed E-state index contributed by atoms with van der Waals surface area (Å²) < 4.78 is 0. The van der Waals surface area contributed by atoms with Crippen molar-refractivity contribution in [2.45, 2.75) is 13.5 Å². The van der Waals surface area contributed by atoms with Gasteiger partial charge < -0.3 is 5.32 Å². The largest absolute Gasteiger partial charge is 0.378 e. The van der Waals surface area contributed by atoms with E-state index in [1.54, 1.807) is 19.1 Å². The molecule has 88 valence electrons. The van der Waals surface area contributed by atoms with Crippen LogP contribution >= 0.6 is 0 Å². The summed E-state index contributed by atoms with van der Waals surface area (Å²) in [7, 11) is 0. The third-order valence-electron chi connectivity index (χ3n) is 2.23. The van der Waals surface area contributed by atoms with Crippen molar-refractivity contribution in [3.63, 3.8) is 0 Å². The topological polar surface area (TPSA) is 110 Å². The lowest BCUT2D eigenvalue weighted by atomic mass is 10.2. The Kier molecular flexibility index (Phi) is 2.95. The zero-order chi connectivity index (χ0) is 12.3. The Balaban J connectivity index is 2.07. The van der Waals surface area contributed by atoms with Crippen LogP contribution in [0.1, 0.15) is 11.4 Å². The third-order valence-corrected chi connectivity index (χ3v) is 2.23. The van der Waals surface area contributed by atoms with Crippen LogP contribution in [0.5, 0.6) is 0 Å². The standard InChI is InChI=1S/C9H10N6O2/c1-6-4-7(2-3-8(6)15(16)17)10-5-9-11-13-14-12-9/h2-4,10H,5H2,1H3,(H,11,12,13,14). The number of hydrogen-bond donors (Lipinski definition) is 2. The second-order valence-electron chi connectivity index (χ2n) is 3.44. The number of aromatic nitrogens is 4. The summed E-state index contributed by atoms with van der Waals surface area (Å²) >= 11 is 0. The summed E-state index contributed by atoms with van der Waals surface area (Å²) in [4.78, 5) is 10.2. The van der Waals surface area contributed by atoms with Gasteiger partial charge in [-0.1, -0.05) is 5.21 Å². The van der Waals surface area contributed by atoms with Gasteiger partial charge in [0.2, 0.25) is 0 Å². The van der Waals surface area contributed by atoms with Crippen LogP contribution in [0.25, 0.3) is 0 Å². The molecule has 2 aromatic rings. The van der Waals surface area contributed by atoms with Gasteiger partial charge in [-0.15, -0.1) is 10.2 Å². The van der Waals surface area contributed by atoms with E-state index >= 15 is 0 Å². The van der Waals surface area contributed by atoms with Crippen LogP contribution in [-0.2, 0) is 6.54 Å². The molecule has 0 unspecified atom stereocenters. The van der Waals surface area contributed by atoms with Crippen LogP contribution in [0.2, 0.25) is 0 Å². The number of aryl methyl sites for hydroxylation is 1. The van der Waals surface area contributed by atoms with Crippen molar-refractivity contribution in [3.05, 3.63) is 39.7 Å². The number of rotatable bonds is 4. The number of aromatic amines is 1. The molecule has 2 N–H and O–H groups in total. The Hall–Kier alpha value is -2.51. The van der Waals surface area contributed by atoms with Crippen molar-refractivity contribution in [3.8, 4) is 0 Å². The second-order valence-corrected chi connectivity index (χ2v) is 3.44. The molecule has 0 aliphatic heterocycles. The molecule has 0 amide bonds. The first-order valence-electron chi connectivity index (χ1n) is 4.88. The first kappa shape index (κ1) is 11.0. The highest BCUT2D eigenvalue weighted by Gasteiger charge is 2.10. The highest BCUT2D eigenvalue weighted by Crippen LogP contribution is 2.21. The number of nitro benzene ring substituents is 1. The van der Waals surface area contributed by atoms with Gasteiger partial charge in [0.05, 0.1) is 11.5 Å². The molecule has 0 spiro atoms. The molecule has 1 aromatic carbocycles. The minimum absolute atomic E-state index is 0.107. The van der Waals surface area contributed by atoms with E-state index in [-0.39, 0.29) is 5.69 Å². The number of nitro groups is 1. The molecular weight excluding hydrogens is 224 g/mol. The summed E-state index contributed by atoms with van der Waals surface area (Å²) in [6.45, 7) is 2.10. The van der Waals surface area contributed by atoms with Crippen LogP contribution in [-0.4, -0.2) is 25.5 Å². The average Bonchev–Trinajstić information content (AvgIpc) is 2.78. The minimum atomic E-state index is -0.404. The molecule has 0 fully saturated rings. The number of tetrazole rings is 1. The van der Waals surface area contributed by atoms with Crippen molar-refractivity contribution < 1.29 is 4.92 Å². The van der Waals surface area contributed by atoms with Gasteiger partial charge in [-0.2, -0.15) is 5.21 Å². The zero-order valence-electron chi connectivity index (χ0n) is 9.04. The fraction of sp³-hybridized carbons (Fsp3) is 0.222. The zero-order valence-corrected chi connectivity index (χ0v) is 9.04. The summed E-state index contributed by atoms with van der Waals surface area (Å²) in [6, 6.07) is 4.82. The first-order chi connectivity index (χ1) is 8.16. The highest BCUT2D eigenvalue weighted by atomic mass is 16.6. The number of hydrogen-bond acceptors (Lipinski definition) is 6. The van der Waals surface area contributed by atoms with Gasteiger partial charge in [0.15, 0.2) is 5.82 Å². The van der Waals surface area contributed by atoms with Crippen LogP contribution in [0.15, 0.2) is 18.2 Å². The van der Waals surface area contributed by atoms with Crippen molar-refractivity contribution in [2.75, 3.05) is 5.32 Å². The summed E-state index contributed by atoms with van der Waals surface area (Å²) in [5, 5.41) is 27.0. The number of nitrogens with one attached hydrogen (secondary N) is 2. The van der Waals surface area contributed by atoms with Gasteiger partial charge in [-0.3, -0.25) is 10.1 Å². The van der Waals surface area contributed by atoms with E-state index in [1.165, 1.54) is 6.07 Å². The predicted molar refractivity (Wildman–Crippen MR) is 59.3 cm³/mol. The van der Waals surface area contributed by atoms with Crippen LogP contribution in [0, 0.1) is 17.0 Å². The number of nitrogens with zero attached hydrogens (tertiary/aromatic N) is 4. The van der Waals surface area contributed by atoms with E-state index in [2.05, 4.69) is 25.9 Å². The lowest BCUT2D eigenvalue weighted by molar-refractivity contribution is -0.385. The van der Waals surface area contributed by atoms with Crippen LogP contribution in [0.3, 0.4) is 0 Å². The number of benzene rings is 1. The van der Waals surface area contributed by atoms with Crippen molar-refractivity contribution in [2.24, 2.45) is 0 Å². The molecule has 8 nitrogen and oxygen atoms in total. The van der Waals surface area contributed by atoms with E-state index in [0.717, 1.165) is 5.69 Å². The summed E-state index contributed by atoms with van der Waals surface area (Å²) in [6.07, 6.45) is 0. The van der Waals surface area contributed by atoms with E-state index in [1.807, 2.05) is 0 Å². The highest BCUT2D eigenvalue weighted by molar-refractivity contribution is 5.53. The SMILES string of the molecule is Cc1cc(NCc2nn[nH]n2)ccc1[N+](=O)[O-]. The van der Waals surface area contributed by atoms with E-state index in [0.29, 0.717) is 17.9 Å². The summed E-state index contributed by atoms with van der Waals surface area (Å²) in [5.41, 5.74) is 1.49. The Morgan fingerprint density at radius 3 is 2.94 bits per heavy atom. The fourth-order valence-electron chi connectivity index (χ4n) is 1.41. The van der Waals surface area contributed by atoms with Gasteiger partial charge in [-0.25, -0.2) is 0 Å². The Morgan fingerprint density at radius 2 is 2.35 bits per heavy atom. The maximum absolute atomic E-state index is 10.6. The Morgan fingerprint density at radius 1 is 1.53 bits per heavy atom. The fourth-order valence-corrected chi connectivity index (χ4v) is 1.41. The molecule has 0 aliphatic rings. The molecule has 0 radical (unpaired) electrons. The van der Waals surface area contributed by atoms with Crippen molar-refractivity contribution >= 4 is 11.4 Å². The molecule has 0 saturated carbocycles. The smallest absolute Gasteiger partial charge is 0.272 e. The monoisotopic (exact) mass is 234 g/mol. The van der Waals surface area contributed by atoms with E-state index in [9.17, 15) is 10.1 Å². The summed E-state index contributed by atoms with van der Waals surface area (Å²) in [5.74, 6) is 0.529. The first-order valence-corrected chi connectivity index (χ1v) is 4.88. The van der Waals surface area contributed by atoms with Crippen molar-refractivity contribution in [1.82, 2.24) is 20.6 Å². The van der Waals surface area contributed by atoms with Gasteiger partial charge in [0, 0.05) is 17.3 Å². The maximum Gasteiger partial charge on any atom is 0.272 e. The molecule has 0 aliphatic carbocycles. The number of H-pyrrole nitrogens is 1. The molecule has 1 aromatic heterocycles. The van der Waals surface area contributed by atoms with E-state index < -0.39 is 4.92 Å². The van der Waals surface area contributed by atoms with Crippen LogP contribution < -0.4 is 5.32 Å². The van der Waals surface area contributed by atoms with Gasteiger partial charge in [-0.05, 0) is 19.1 Å². The molecule has 8 heteroatoms. The third kappa shape index (κ3) is 2.54. The Bertz CT molecular complexity index is 524. The molecule has 2 rings (SSSR count). The molecule has 0 saturated heterocycles. The van der Waals surface area contributed by atoms with Gasteiger partial charge in [0.1, 0.15) is 0 Å². The lowest BCUT2D eigenvalue weighted by Gasteiger charge is -2.04.